The van der Waals surface area contributed by atoms with Gasteiger partial charge in [0.1, 0.15) is 0 Å². The third kappa shape index (κ3) is 1.75. The van der Waals surface area contributed by atoms with E-state index in [2.05, 4.69) is 4.98 Å². The monoisotopic (exact) mass is 152 g/mol. The summed E-state index contributed by atoms with van der Waals surface area (Å²) in [6.07, 6.45) is 1.32. The summed E-state index contributed by atoms with van der Waals surface area (Å²) in [5, 5.41) is 18.8. The fourth-order valence-electron chi connectivity index (χ4n) is 0.692. The largest absolute Gasteiger partial charge is 0.545 e. The minimum absolute atomic E-state index is 0.0315. The molecule has 0 aliphatic rings. The Morgan fingerprint density at radius 2 is 2.45 bits per heavy atom. The summed E-state index contributed by atoms with van der Waals surface area (Å²) in [7, 11) is 0. The molecular weight excluding hydrogens is 146 g/mol. The van der Waals surface area contributed by atoms with Crippen molar-refractivity contribution in [1.29, 1.82) is 0 Å². The lowest BCUT2D eigenvalue weighted by Crippen LogP contribution is -2.22. The Labute approximate surface area is 63.1 Å². The van der Waals surface area contributed by atoms with Crippen LogP contribution in [0.25, 0.3) is 0 Å². The third-order valence-electron chi connectivity index (χ3n) is 1.21. The highest BCUT2D eigenvalue weighted by Crippen LogP contribution is 1.99. The minimum atomic E-state index is -1.26. The van der Waals surface area contributed by atoms with Gasteiger partial charge in [-0.25, -0.2) is 0 Å². The van der Waals surface area contributed by atoms with Crippen LogP contribution < -0.4 is 5.11 Å². The van der Waals surface area contributed by atoms with E-state index in [0.717, 1.165) is 0 Å². The van der Waals surface area contributed by atoms with Gasteiger partial charge in [0.25, 0.3) is 0 Å². The van der Waals surface area contributed by atoms with Crippen molar-refractivity contribution in [2.45, 2.75) is 6.61 Å². The van der Waals surface area contributed by atoms with Gasteiger partial charge in [0.05, 0.1) is 18.3 Å². The Bertz CT molecular complexity index is 272. The second kappa shape index (κ2) is 3.12. The summed E-state index contributed by atoms with van der Waals surface area (Å²) in [5.74, 6) is -1.26. The number of carbonyl (C=O) groups is 1. The first-order chi connectivity index (χ1) is 5.24. The summed E-state index contributed by atoms with van der Waals surface area (Å²) in [4.78, 5) is 13.9. The predicted octanol–water partition coefficient (Wildman–Crippen LogP) is -1.06. The van der Waals surface area contributed by atoms with Crippen molar-refractivity contribution in [3.05, 3.63) is 29.6 Å². The molecule has 0 aliphatic heterocycles. The summed E-state index contributed by atoms with van der Waals surface area (Å²) in [6.45, 7) is -0.263. The smallest absolute Gasteiger partial charge is 0.0853 e. The van der Waals surface area contributed by atoms with Gasteiger partial charge >= 0.3 is 0 Å². The Hall–Kier alpha value is -1.42. The maximum atomic E-state index is 10.2. The van der Waals surface area contributed by atoms with Crippen LogP contribution in [0.15, 0.2) is 18.3 Å². The summed E-state index contributed by atoms with van der Waals surface area (Å²) < 4.78 is 0. The predicted molar refractivity (Wildman–Crippen MR) is 34.5 cm³/mol. The molecule has 4 nitrogen and oxygen atoms in total. The molecule has 1 aromatic rings. The van der Waals surface area contributed by atoms with Crippen LogP contribution in [0.3, 0.4) is 0 Å². The Morgan fingerprint density at radius 3 is 3.00 bits per heavy atom. The number of carbonyl (C=O) groups excluding carboxylic acids is 1. The molecule has 0 bridgehead atoms. The first kappa shape index (κ1) is 7.68. The molecule has 0 unspecified atom stereocenters. The van der Waals surface area contributed by atoms with Gasteiger partial charge in [-0.1, -0.05) is 0 Å². The fourth-order valence-corrected chi connectivity index (χ4v) is 0.692. The number of carboxylic acids is 1. The van der Waals surface area contributed by atoms with E-state index in [1.165, 1.54) is 18.3 Å². The highest BCUT2D eigenvalue weighted by atomic mass is 16.4. The number of carboxylic acid groups (broad SMARTS) is 1. The highest BCUT2D eigenvalue weighted by molar-refractivity contribution is 5.85. The highest BCUT2D eigenvalue weighted by Gasteiger charge is 1.95. The van der Waals surface area contributed by atoms with Gasteiger partial charge in [-0.3, -0.25) is 4.98 Å². The number of hydrogen-bond donors (Lipinski definition) is 1. The van der Waals surface area contributed by atoms with E-state index in [9.17, 15) is 9.90 Å². The Balaban J connectivity index is 3.01. The Morgan fingerprint density at radius 1 is 1.73 bits per heavy atom. The van der Waals surface area contributed by atoms with Crippen molar-refractivity contribution in [1.82, 2.24) is 4.98 Å². The van der Waals surface area contributed by atoms with Crippen molar-refractivity contribution in [3.8, 4) is 0 Å². The maximum Gasteiger partial charge on any atom is 0.0853 e. The topological polar surface area (TPSA) is 73.2 Å². The van der Waals surface area contributed by atoms with Crippen LogP contribution in [0.5, 0.6) is 0 Å². The standard InChI is InChI=1S/C7H7NO3/c9-4-6-3-5(7(10)11)1-2-8-6/h1-3,9H,4H2,(H,10,11)/p-1. The van der Waals surface area contributed by atoms with Crippen LogP contribution in [0.2, 0.25) is 0 Å². The number of hydrogen-bond acceptors (Lipinski definition) is 4. The molecule has 58 valence electrons. The fraction of sp³-hybridized carbons (Fsp3) is 0.143. The third-order valence-corrected chi connectivity index (χ3v) is 1.21. The average molecular weight is 152 g/mol. The molecule has 0 saturated heterocycles. The number of nitrogens with zero attached hydrogens (tertiary/aromatic N) is 1. The molecule has 0 aliphatic carbocycles. The van der Waals surface area contributed by atoms with Gasteiger partial charge in [0.15, 0.2) is 0 Å². The first-order valence-electron chi connectivity index (χ1n) is 3.01. The summed E-state index contributed by atoms with van der Waals surface area (Å²) >= 11 is 0. The molecule has 0 fully saturated rings. The van der Waals surface area contributed by atoms with Crippen LogP contribution >= 0.6 is 0 Å². The number of pyridine rings is 1. The van der Waals surface area contributed by atoms with Crippen molar-refractivity contribution in [2.75, 3.05) is 0 Å². The van der Waals surface area contributed by atoms with Gasteiger partial charge in [-0.15, -0.1) is 0 Å². The van der Waals surface area contributed by atoms with Crippen molar-refractivity contribution >= 4 is 5.97 Å². The van der Waals surface area contributed by atoms with E-state index in [0.29, 0.717) is 5.69 Å². The molecule has 11 heavy (non-hydrogen) atoms. The molecule has 0 atom stereocenters. The maximum absolute atomic E-state index is 10.2. The minimum Gasteiger partial charge on any atom is -0.545 e. The lowest BCUT2D eigenvalue weighted by Gasteiger charge is -2.01. The molecule has 0 saturated carbocycles. The Kier molecular flexibility index (Phi) is 2.18. The van der Waals surface area contributed by atoms with E-state index in [1.54, 1.807) is 0 Å². The van der Waals surface area contributed by atoms with Crippen molar-refractivity contribution in [2.24, 2.45) is 0 Å². The lowest BCUT2D eigenvalue weighted by molar-refractivity contribution is -0.255. The molecule has 0 aromatic carbocycles. The van der Waals surface area contributed by atoms with E-state index < -0.39 is 5.97 Å². The second-order valence-electron chi connectivity index (χ2n) is 1.98. The number of aromatic nitrogens is 1. The van der Waals surface area contributed by atoms with Gasteiger partial charge in [-0.05, 0) is 12.1 Å². The zero-order chi connectivity index (χ0) is 8.27. The molecule has 0 radical (unpaired) electrons. The van der Waals surface area contributed by atoms with Crippen LogP contribution in [0.1, 0.15) is 16.1 Å². The molecule has 1 heterocycles. The van der Waals surface area contributed by atoms with E-state index in [1.807, 2.05) is 0 Å². The van der Waals surface area contributed by atoms with Gasteiger partial charge < -0.3 is 15.0 Å². The van der Waals surface area contributed by atoms with Crippen LogP contribution in [-0.4, -0.2) is 16.1 Å². The van der Waals surface area contributed by atoms with Crippen molar-refractivity contribution < 1.29 is 15.0 Å². The van der Waals surface area contributed by atoms with Crippen LogP contribution in [0, 0.1) is 0 Å². The zero-order valence-electron chi connectivity index (χ0n) is 5.65. The molecular formula is C7H6NO3-. The van der Waals surface area contributed by atoms with E-state index >= 15 is 0 Å². The van der Waals surface area contributed by atoms with E-state index in [-0.39, 0.29) is 12.2 Å². The number of aliphatic hydroxyl groups is 1. The van der Waals surface area contributed by atoms with Gasteiger partial charge in [0, 0.05) is 11.8 Å². The summed E-state index contributed by atoms with van der Waals surface area (Å²) in [6, 6.07) is 2.59. The zero-order valence-corrected chi connectivity index (χ0v) is 5.65. The van der Waals surface area contributed by atoms with E-state index in [4.69, 9.17) is 5.11 Å². The molecule has 4 heteroatoms. The molecule has 1 aromatic heterocycles. The number of aromatic carboxylic acids is 1. The van der Waals surface area contributed by atoms with Crippen LogP contribution in [-0.2, 0) is 6.61 Å². The lowest BCUT2D eigenvalue weighted by atomic mass is 10.2. The molecule has 0 amide bonds. The number of rotatable bonds is 2. The number of aliphatic hydroxyl groups excluding tert-OH is 1. The second-order valence-corrected chi connectivity index (χ2v) is 1.98. The quantitative estimate of drug-likeness (QED) is 0.586. The van der Waals surface area contributed by atoms with Crippen molar-refractivity contribution in [3.63, 3.8) is 0 Å². The average Bonchev–Trinajstić information content (AvgIpc) is 2.05. The molecule has 1 N–H and O–H groups in total. The molecule has 1 rings (SSSR count). The molecule has 0 spiro atoms. The summed E-state index contributed by atoms with van der Waals surface area (Å²) in [5.41, 5.74) is 0.357. The SMILES string of the molecule is O=C([O-])c1ccnc(CO)c1. The van der Waals surface area contributed by atoms with Gasteiger partial charge in [0.2, 0.25) is 0 Å². The normalized spacial score (nSPS) is 9.55. The van der Waals surface area contributed by atoms with Gasteiger partial charge in [-0.2, -0.15) is 0 Å². The first-order valence-corrected chi connectivity index (χ1v) is 3.01. The van der Waals surface area contributed by atoms with Crippen LogP contribution in [0.4, 0.5) is 0 Å².